The highest BCUT2D eigenvalue weighted by atomic mass is 19.1. The van der Waals surface area contributed by atoms with E-state index in [1.165, 1.54) is 6.07 Å². The van der Waals surface area contributed by atoms with E-state index in [2.05, 4.69) is 5.32 Å². The Morgan fingerprint density at radius 1 is 1.43 bits per heavy atom. The van der Waals surface area contributed by atoms with Gasteiger partial charge in [-0.25, -0.2) is 4.39 Å². The van der Waals surface area contributed by atoms with Crippen molar-refractivity contribution in [1.82, 2.24) is 5.32 Å². The molecule has 2 nitrogen and oxygen atoms in total. The van der Waals surface area contributed by atoms with Gasteiger partial charge in [-0.3, -0.25) is 0 Å². The molecule has 1 N–H and O–H groups in total. The lowest BCUT2D eigenvalue weighted by Crippen LogP contribution is -2.27. The summed E-state index contributed by atoms with van der Waals surface area (Å²) in [6.07, 6.45) is 0. The standard InChI is InChI=1S/C11H17FN2/c1-9-4-5-10(12)11(8-9)14(3)7-6-13-2/h4-5,8,13H,6-7H2,1-3H3. The maximum atomic E-state index is 13.4. The molecule has 3 heteroatoms. The zero-order valence-corrected chi connectivity index (χ0v) is 8.97. The van der Waals surface area contributed by atoms with Gasteiger partial charge >= 0.3 is 0 Å². The van der Waals surface area contributed by atoms with Crippen LogP contribution in [-0.2, 0) is 0 Å². The number of hydrogen-bond donors (Lipinski definition) is 1. The van der Waals surface area contributed by atoms with E-state index in [9.17, 15) is 4.39 Å². The predicted molar refractivity (Wildman–Crippen MR) is 58.3 cm³/mol. The minimum absolute atomic E-state index is 0.158. The topological polar surface area (TPSA) is 15.3 Å². The Labute approximate surface area is 84.7 Å². The average Bonchev–Trinajstić information content (AvgIpc) is 2.18. The first-order valence-corrected chi connectivity index (χ1v) is 4.77. The van der Waals surface area contributed by atoms with Crippen LogP contribution in [0.2, 0.25) is 0 Å². The fourth-order valence-corrected chi connectivity index (χ4v) is 1.32. The van der Waals surface area contributed by atoms with E-state index in [1.54, 1.807) is 6.07 Å². The highest BCUT2D eigenvalue weighted by Gasteiger charge is 2.06. The van der Waals surface area contributed by atoms with Gasteiger partial charge in [0.05, 0.1) is 5.69 Å². The van der Waals surface area contributed by atoms with E-state index in [1.807, 2.05) is 32.0 Å². The molecule has 0 fully saturated rings. The Morgan fingerprint density at radius 2 is 2.14 bits per heavy atom. The third-order valence-electron chi connectivity index (χ3n) is 2.21. The molecule has 0 saturated carbocycles. The summed E-state index contributed by atoms with van der Waals surface area (Å²) in [5.41, 5.74) is 1.75. The Bertz CT molecular complexity index is 299. The molecule has 14 heavy (non-hydrogen) atoms. The van der Waals surface area contributed by atoms with Crippen LogP contribution in [0.3, 0.4) is 0 Å². The predicted octanol–water partition coefficient (Wildman–Crippen LogP) is 1.79. The minimum atomic E-state index is -0.158. The van der Waals surface area contributed by atoms with Crippen molar-refractivity contribution >= 4 is 5.69 Å². The molecule has 1 aromatic carbocycles. The molecule has 0 amide bonds. The van der Waals surface area contributed by atoms with Gasteiger partial charge in [0.2, 0.25) is 0 Å². The largest absolute Gasteiger partial charge is 0.371 e. The van der Waals surface area contributed by atoms with Crippen molar-refractivity contribution in [2.24, 2.45) is 0 Å². The monoisotopic (exact) mass is 196 g/mol. The van der Waals surface area contributed by atoms with Crippen LogP contribution < -0.4 is 10.2 Å². The second kappa shape index (κ2) is 4.96. The third kappa shape index (κ3) is 2.70. The fraction of sp³-hybridized carbons (Fsp3) is 0.455. The van der Waals surface area contributed by atoms with Crippen LogP contribution in [-0.4, -0.2) is 27.2 Å². The molecule has 0 bridgehead atoms. The van der Waals surface area contributed by atoms with Crippen LogP contribution in [0.5, 0.6) is 0 Å². The van der Waals surface area contributed by atoms with Crippen LogP contribution >= 0.6 is 0 Å². The first kappa shape index (κ1) is 11.0. The third-order valence-corrected chi connectivity index (χ3v) is 2.21. The molecule has 1 rings (SSSR count). The summed E-state index contributed by atoms with van der Waals surface area (Å²) in [6.45, 7) is 3.62. The molecular formula is C11H17FN2. The summed E-state index contributed by atoms with van der Waals surface area (Å²) in [5, 5.41) is 3.04. The molecule has 0 atom stereocenters. The number of hydrogen-bond acceptors (Lipinski definition) is 2. The molecule has 1 aromatic rings. The lowest BCUT2D eigenvalue weighted by molar-refractivity contribution is 0.620. The smallest absolute Gasteiger partial charge is 0.146 e. The van der Waals surface area contributed by atoms with E-state index in [0.717, 1.165) is 18.7 Å². The molecule has 0 unspecified atom stereocenters. The van der Waals surface area contributed by atoms with Crippen LogP contribution in [0.1, 0.15) is 5.56 Å². The van der Waals surface area contributed by atoms with Crippen molar-refractivity contribution in [3.05, 3.63) is 29.6 Å². The van der Waals surface area contributed by atoms with Crippen molar-refractivity contribution in [3.8, 4) is 0 Å². The average molecular weight is 196 g/mol. The molecular weight excluding hydrogens is 179 g/mol. The Morgan fingerprint density at radius 3 is 2.79 bits per heavy atom. The number of nitrogens with one attached hydrogen (secondary N) is 1. The maximum Gasteiger partial charge on any atom is 0.146 e. The summed E-state index contributed by atoms with van der Waals surface area (Å²) < 4.78 is 13.4. The summed E-state index contributed by atoms with van der Waals surface area (Å²) in [6, 6.07) is 5.16. The van der Waals surface area contributed by atoms with Gasteiger partial charge in [-0.1, -0.05) is 6.07 Å². The van der Waals surface area contributed by atoms with Crippen molar-refractivity contribution in [2.75, 3.05) is 32.1 Å². The Kier molecular flexibility index (Phi) is 3.89. The summed E-state index contributed by atoms with van der Waals surface area (Å²) >= 11 is 0. The zero-order chi connectivity index (χ0) is 10.6. The number of likely N-dealkylation sites (N-methyl/N-ethyl adjacent to an activating group) is 2. The summed E-state index contributed by atoms with van der Waals surface area (Å²) in [4.78, 5) is 1.92. The molecule has 78 valence electrons. The number of rotatable bonds is 4. The Balaban J connectivity index is 2.77. The number of anilines is 1. The van der Waals surface area contributed by atoms with E-state index in [0.29, 0.717) is 5.69 Å². The molecule has 0 saturated heterocycles. The zero-order valence-electron chi connectivity index (χ0n) is 8.97. The van der Waals surface area contributed by atoms with Crippen molar-refractivity contribution in [2.45, 2.75) is 6.92 Å². The number of aryl methyl sites for hydroxylation is 1. The first-order valence-electron chi connectivity index (χ1n) is 4.77. The lowest BCUT2D eigenvalue weighted by Gasteiger charge is -2.20. The van der Waals surface area contributed by atoms with Crippen LogP contribution in [0.25, 0.3) is 0 Å². The van der Waals surface area contributed by atoms with Gasteiger partial charge in [0.15, 0.2) is 0 Å². The highest BCUT2D eigenvalue weighted by Crippen LogP contribution is 2.18. The molecule has 0 aliphatic heterocycles. The van der Waals surface area contributed by atoms with Gasteiger partial charge < -0.3 is 10.2 Å². The molecule has 0 spiro atoms. The van der Waals surface area contributed by atoms with Gasteiger partial charge in [0.25, 0.3) is 0 Å². The van der Waals surface area contributed by atoms with E-state index >= 15 is 0 Å². The van der Waals surface area contributed by atoms with Gasteiger partial charge in [0.1, 0.15) is 5.82 Å². The van der Waals surface area contributed by atoms with Gasteiger partial charge in [-0.05, 0) is 31.7 Å². The van der Waals surface area contributed by atoms with Crippen molar-refractivity contribution < 1.29 is 4.39 Å². The van der Waals surface area contributed by atoms with Gasteiger partial charge in [-0.15, -0.1) is 0 Å². The second-order valence-corrected chi connectivity index (χ2v) is 3.48. The number of nitrogens with zero attached hydrogens (tertiary/aromatic N) is 1. The molecule has 0 radical (unpaired) electrons. The summed E-state index contributed by atoms with van der Waals surface area (Å²) in [5.74, 6) is -0.158. The number of halogens is 1. The van der Waals surface area contributed by atoms with E-state index in [4.69, 9.17) is 0 Å². The van der Waals surface area contributed by atoms with Crippen LogP contribution in [0.4, 0.5) is 10.1 Å². The van der Waals surface area contributed by atoms with E-state index in [-0.39, 0.29) is 5.82 Å². The Hall–Kier alpha value is -1.09. The summed E-state index contributed by atoms with van der Waals surface area (Å²) in [7, 11) is 3.79. The quantitative estimate of drug-likeness (QED) is 0.789. The van der Waals surface area contributed by atoms with Gasteiger partial charge in [-0.2, -0.15) is 0 Å². The molecule has 0 aromatic heterocycles. The van der Waals surface area contributed by atoms with Gasteiger partial charge in [0, 0.05) is 20.1 Å². The molecule has 0 heterocycles. The maximum absolute atomic E-state index is 13.4. The lowest BCUT2D eigenvalue weighted by atomic mass is 10.2. The normalized spacial score (nSPS) is 10.3. The minimum Gasteiger partial charge on any atom is -0.371 e. The first-order chi connectivity index (χ1) is 6.65. The fourth-order valence-electron chi connectivity index (χ4n) is 1.32. The van der Waals surface area contributed by atoms with E-state index < -0.39 is 0 Å². The van der Waals surface area contributed by atoms with Crippen molar-refractivity contribution in [1.29, 1.82) is 0 Å². The van der Waals surface area contributed by atoms with Crippen LogP contribution in [0, 0.1) is 12.7 Å². The highest BCUT2D eigenvalue weighted by molar-refractivity contribution is 5.49. The number of benzene rings is 1. The van der Waals surface area contributed by atoms with Crippen molar-refractivity contribution in [3.63, 3.8) is 0 Å². The molecule has 0 aliphatic carbocycles. The van der Waals surface area contributed by atoms with Crippen LogP contribution in [0.15, 0.2) is 18.2 Å². The second-order valence-electron chi connectivity index (χ2n) is 3.48. The SMILES string of the molecule is CNCCN(C)c1cc(C)ccc1F. The molecule has 0 aliphatic rings.